The van der Waals surface area contributed by atoms with Crippen LogP contribution in [0.2, 0.25) is 5.02 Å². The van der Waals surface area contributed by atoms with Crippen molar-refractivity contribution in [3.05, 3.63) is 47.5 Å². The molecule has 1 aromatic rings. The van der Waals surface area contributed by atoms with Crippen LogP contribution in [0.4, 0.5) is 0 Å². The molecular weight excluding hydrogens is 220 g/mol. The van der Waals surface area contributed by atoms with E-state index in [4.69, 9.17) is 22.1 Å². The third kappa shape index (κ3) is 2.86. The Morgan fingerprint density at radius 1 is 1.25 bits per heavy atom. The van der Waals surface area contributed by atoms with E-state index in [9.17, 15) is 0 Å². The van der Waals surface area contributed by atoms with E-state index in [0.717, 1.165) is 5.56 Å². The summed E-state index contributed by atoms with van der Waals surface area (Å²) >= 11 is 5.79. The Balaban J connectivity index is 3.03. The van der Waals surface area contributed by atoms with Gasteiger partial charge in [-0.05, 0) is 24.1 Å². The van der Waals surface area contributed by atoms with Crippen molar-refractivity contribution < 1.29 is 0 Å². The summed E-state index contributed by atoms with van der Waals surface area (Å²) in [5.74, 6) is -0.788. The molecule has 0 aliphatic carbocycles. The predicted octanol–water partition coefficient (Wildman–Crippen LogP) is 3.66. The third-order valence-corrected chi connectivity index (χ3v) is 2.65. The van der Waals surface area contributed by atoms with Crippen LogP contribution in [-0.2, 0) is 0 Å². The minimum Gasteiger partial charge on any atom is -0.197 e. The normalized spacial score (nSPS) is 11.5. The summed E-state index contributed by atoms with van der Waals surface area (Å²) in [7, 11) is 0. The van der Waals surface area contributed by atoms with Gasteiger partial charge in [0.1, 0.15) is 5.92 Å². The topological polar surface area (TPSA) is 47.6 Å². The Hall–Kier alpha value is -1.77. The van der Waals surface area contributed by atoms with E-state index >= 15 is 0 Å². The summed E-state index contributed by atoms with van der Waals surface area (Å²) in [5.41, 5.74) is 0.942. The maximum Gasteiger partial charge on any atom is 0.140 e. The molecule has 1 atom stereocenters. The molecule has 16 heavy (non-hydrogen) atoms. The summed E-state index contributed by atoms with van der Waals surface area (Å²) in [5, 5.41) is 18.5. The van der Waals surface area contributed by atoms with Crippen LogP contribution < -0.4 is 0 Å². The lowest BCUT2D eigenvalue weighted by molar-refractivity contribution is 0.620. The Morgan fingerprint density at radius 3 is 2.25 bits per heavy atom. The molecule has 0 N–H and O–H groups in total. The Morgan fingerprint density at radius 2 is 1.81 bits per heavy atom. The van der Waals surface area contributed by atoms with E-state index < -0.39 is 5.92 Å². The summed E-state index contributed by atoms with van der Waals surface area (Å²) in [6.45, 7) is 3.65. The Labute approximate surface area is 100 Å². The van der Waals surface area contributed by atoms with E-state index in [2.05, 4.69) is 6.58 Å². The van der Waals surface area contributed by atoms with Crippen LogP contribution in [0.3, 0.4) is 0 Å². The summed E-state index contributed by atoms with van der Waals surface area (Å²) in [6, 6.07) is 11.2. The second-order valence-electron chi connectivity index (χ2n) is 3.42. The molecule has 0 saturated carbocycles. The predicted molar refractivity (Wildman–Crippen MR) is 63.7 cm³/mol. The Bertz CT molecular complexity index is 422. The zero-order valence-electron chi connectivity index (χ0n) is 8.73. The van der Waals surface area contributed by atoms with Gasteiger partial charge in [-0.1, -0.05) is 29.8 Å². The molecule has 0 amide bonds. The third-order valence-electron chi connectivity index (χ3n) is 2.40. The van der Waals surface area contributed by atoms with Gasteiger partial charge in [0.05, 0.1) is 12.1 Å². The minimum atomic E-state index is -0.654. The van der Waals surface area contributed by atoms with Gasteiger partial charge in [-0.15, -0.1) is 6.58 Å². The number of hydrogen-bond acceptors (Lipinski definition) is 2. The number of nitriles is 2. The van der Waals surface area contributed by atoms with Gasteiger partial charge >= 0.3 is 0 Å². The molecule has 0 aliphatic rings. The van der Waals surface area contributed by atoms with E-state index in [1.807, 2.05) is 24.3 Å². The first-order chi connectivity index (χ1) is 7.72. The fourth-order valence-corrected chi connectivity index (χ4v) is 1.69. The minimum absolute atomic E-state index is 0.134. The van der Waals surface area contributed by atoms with E-state index in [-0.39, 0.29) is 5.92 Å². The zero-order valence-corrected chi connectivity index (χ0v) is 9.48. The highest BCUT2D eigenvalue weighted by molar-refractivity contribution is 6.30. The lowest BCUT2D eigenvalue weighted by Gasteiger charge is -2.15. The van der Waals surface area contributed by atoms with Gasteiger partial charge in [-0.2, -0.15) is 10.5 Å². The number of benzene rings is 1. The monoisotopic (exact) mass is 230 g/mol. The van der Waals surface area contributed by atoms with Crippen LogP contribution in [0.15, 0.2) is 36.9 Å². The fourth-order valence-electron chi connectivity index (χ4n) is 1.56. The van der Waals surface area contributed by atoms with Crippen LogP contribution >= 0.6 is 11.6 Å². The molecule has 0 radical (unpaired) electrons. The first-order valence-corrected chi connectivity index (χ1v) is 5.26. The highest BCUT2D eigenvalue weighted by Gasteiger charge is 2.21. The SMILES string of the molecule is C=CCC(c1ccc(Cl)cc1)C(C#N)C#N. The van der Waals surface area contributed by atoms with Crippen molar-refractivity contribution in [1.29, 1.82) is 10.5 Å². The van der Waals surface area contributed by atoms with Crippen molar-refractivity contribution in [1.82, 2.24) is 0 Å². The Kier molecular flexibility index (Phi) is 4.58. The summed E-state index contributed by atoms with van der Waals surface area (Å²) in [6.07, 6.45) is 2.33. The highest BCUT2D eigenvalue weighted by atomic mass is 35.5. The first-order valence-electron chi connectivity index (χ1n) is 4.88. The van der Waals surface area contributed by atoms with E-state index in [0.29, 0.717) is 11.4 Å². The van der Waals surface area contributed by atoms with Crippen LogP contribution in [0.25, 0.3) is 0 Å². The number of halogens is 1. The quantitative estimate of drug-likeness (QED) is 0.741. The van der Waals surface area contributed by atoms with E-state index in [1.165, 1.54) is 0 Å². The number of hydrogen-bond donors (Lipinski definition) is 0. The highest BCUT2D eigenvalue weighted by Crippen LogP contribution is 2.28. The molecule has 0 aliphatic heterocycles. The van der Waals surface area contributed by atoms with E-state index in [1.54, 1.807) is 18.2 Å². The molecule has 1 rings (SSSR count). The van der Waals surface area contributed by atoms with Crippen molar-refractivity contribution in [3.63, 3.8) is 0 Å². The zero-order chi connectivity index (χ0) is 12.0. The van der Waals surface area contributed by atoms with Gasteiger partial charge < -0.3 is 0 Å². The number of rotatable bonds is 4. The largest absolute Gasteiger partial charge is 0.197 e. The molecule has 1 aromatic carbocycles. The smallest absolute Gasteiger partial charge is 0.140 e. The molecule has 0 aromatic heterocycles. The van der Waals surface area contributed by atoms with Crippen LogP contribution in [0, 0.1) is 28.6 Å². The summed E-state index contributed by atoms with van der Waals surface area (Å²) in [4.78, 5) is 0. The molecule has 2 nitrogen and oxygen atoms in total. The van der Waals surface area contributed by atoms with Crippen LogP contribution in [0.5, 0.6) is 0 Å². The average molecular weight is 231 g/mol. The van der Waals surface area contributed by atoms with Crippen molar-refractivity contribution in [2.45, 2.75) is 12.3 Å². The lowest BCUT2D eigenvalue weighted by atomic mass is 9.85. The molecule has 0 fully saturated rings. The van der Waals surface area contributed by atoms with Crippen molar-refractivity contribution in [2.75, 3.05) is 0 Å². The summed E-state index contributed by atoms with van der Waals surface area (Å²) < 4.78 is 0. The first kappa shape index (κ1) is 12.3. The fraction of sp³-hybridized carbons (Fsp3) is 0.231. The second kappa shape index (κ2) is 5.95. The van der Waals surface area contributed by atoms with Gasteiger partial charge in [0.2, 0.25) is 0 Å². The van der Waals surface area contributed by atoms with Gasteiger partial charge in [0.25, 0.3) is 0 Å². The van der Waals surface area contributed by atoms with Crippen molar-refractivity contribution in [2.24, 2.45) is 5.92 Å². The van der Waals surface area contributed by atoms with Crippen molar-refractivity contribution >= 4 is 11.6 Å². The molecule has 0 spiro atoms. The van der Waals surface area contributed by atoms with Gasteiger partial charge in [0, 0.05) is 10.9 Å². The van der Waals surface area contributed by atoms with Crippen LogP contribution in [-0.4, -0.2) is 0 Å². The molecule has 0 heterocycles. The lowest BCUT2D eigenvalue weighted by Crippen LogP contribution is -2.08. The van der Waals surface area contributed by atoms with Crippen LogP contribution in [0.1, 0.15) is 17.9 Å². The maximum atomic E-state index is 8.91. The van der Waals surface area contributed by atoms with Gasteiger partial charge in [-0.25, -0.2) is 0 Å². The molecule has 0 bridgehead atoms. The molecule has 3 heteroatoms. The molecular formula is C13H11ClN2. The maximum absolute atomic E-state index is 8.91. The molecule has 1 unspecified atom stereocenters. The number of nitrogens with zero attached hydrogens (tertiary/aromatic N) is 2. The van der Waals surface area contributed by atoms with Gasteiger partial charge in [0.15, 0.2) is 0 Å². The molecule has 80 valence electrons. The van der Waals surface area contributed by atoms with Gasteiger partial charge in [-0.3, -0.25) is 0 Å². The standard InChI is InChI=1S/C13H11ClN2/c1-2-3-13(11(8-15)9-16)10-4-6-12(14)7-5-10/h2,4-7,11,13H,1,3H2. The average Bonchev–Trinajstić information content (AvgIpc) is 2.31. The number of allylic oxidation sites excluding steroid dienone is 1. The molecule has 0 saturated heterocycles. The second-order valence-corrected chi connectivity index (χ2v) is 3.85. The van der Waals surface area contributed by atoms with Crippen molar-refractivity contribution in [3.8, 4) is 12.1 Å².